The zero-order valence-electron chi connectivity index (χ0n) is 17.5. The second-order valence-corrected chi connectivity index (χ2v) is 7.84. The molecule has 0 bridgehead atoms. The molecule has 1 aliphatic rings. The van der Waals surface area contributed by atoms with Crippen LogP contribution in [0.4, 0.5) is 4.39 Å². The second-order valence-electron chi connectivity index (χ2n) is 7.84. The van der Waals surface area contributed by atoms with Gasteiger partial charge in [0.25, 0.3) is 11.8 Å². The highest BCUT2D eigenvalue weighted by molar-refractivity contribution is 5.96. The Bertz CT molecular complexity index is 1120. The summed E-state index contributed by atoms with van der Waals surface area (Å²) in [6.07, 6.45) is 2.91. The van der Waals surface area contributed by atoms with Crippen molar-refractivity contribution in [3.63, 3.8) is 0 Å². The van der Waals surface area contributed by atoms with E-state index in [9.17, 15) is 14.0 Å². The summed E-state index contributed by atoms with van der Waals surface area (Å²) in [6.45, 7) is 4.64. The van der Waals surface area contributed by atoms with Gasteiger partial charge in [-0.3, -0.25) is 9.59 Å². The fourth-order valence-electron chi connectivity index (χ4n) is 3.74. The molecular weight excluding hydrogens is 397 g/mol. The molecular formula is C23H24FN5O2. The topological polar surface area (TPSA) is 80.1 Å². The fraction of sp³-hybridized carbons (Fsp3) is 0.304. The van der Waals surface area contributed by atoms with E-state index in [0.29, 0.717) is 42.7 Å². The lowest BCUT2D eigenvalue weighted by Gasteiger charge is -2.32. The molecule has 0 atom stereocenters. The Morgan fingerprint density at radius 3 is 2.52 bits per heavy atom. The first kappa shape index (κ1) is 20.7. The van der Waals surface area contributed by atoms with Crippen LogP contribution in [0.2, 0.25) is 0 Å². The minimum atomic E-state index is -0.294. The fourth-order valence-corrected chi connectivity index (χ4v) is 3.74. The van der Waals surface area contributed by atoms with Crippen molar-refractivity contribution in [3.05, 3.63) is 76.9 Å². The van der Waals surface area contributed by atoms with Crippen LogP contribution in [-0.4, -0.2) is 50.8 Å². The molecule has 160 valence electrons. The highest BCUT2D eigenvalue weighted by Crippen LogP contribution is 2.17. The van der Waals surface area contributed by atoms with Crippen molar-refractivity contribution < 1.29 is 14.0 Å². The minimum absolute atomic E-state index is 0.0222. The van der Waals surface area contributed by atoms with Crippen LogP contribution in [-0.2, 0) is 0 Å². The lowest BCUT2D eigenvalue weighted by molar-refractivity contribution is 0.0692. The molecule has 2 heterocycles. The Labute approximate surface area is 179 Å². The monoisotopic (exact) mass is 421 g/mol. The number of amides is 2. The van der Waals surface area contributed by atoms with Crippen LogP contribution < -0.4 is 5.32 Å². The molecule has 1 aliphatic heterocycles. The average molecular weight is 421 g/mol. The number of aryl methyl sites for hydroxylation is 2. The third-order valence-electron chi connectivity index (χ3n) is 5.63. The van der Waals surface area contributed by atoms with Crippen LogP contribution >= 0.6 is 0 Å². The molecule has 1 fully saturated rings. The van der Waals surface area contributed by atoms with Crippen molar-refractivity contribution in [2.24, 2.45) is 0 Å². The van der Waals surface area contributed by atoms with E-state index in [0.717, 1.165) is 5.56 Å². The zero-order valence-corrected chi connectivity index (χ0v) is 17.5. The van der Waals surface area contributed by atoms with Crippen molar-refractivity contribution in [3.8, 4) is 5.69 Å². The molecule has 0 spiro atoms. The molecule has 0 saturated carbocycles. The number of carbonyl (C=O) groups is 2. The third kappa shape index (κ3) is 4.47. The van der Waals surface area contributed by atoms with Crippen LogP contribution in [0.25, 0.3) is 5.69 Å². The predicted molar refractivity (Wildman–Crippen MR) is 114 cm³/mol. The largest absolute Gasteiger partial charge is 0.349 e. The number of hydrogen-bond acceptors (Lipinski definition) is 4. The first-order valence-corrected chi connectivity index (χ1v) is 10.3. The number of rotatable bonds is 4. The molecule has 0 aliphatic carbocycles. The van der Waals surface area contributed by atoms with Crippen molar-refractivity contribution in [2.75, 3.05) is 13.1 Å². The molecule has 4 rings (SSSR count). The average Bonchev–Trinajstić information content (AvgIpc) is 3.26. The van der Waals surface area contributed by atoms with Gasteiger partial charge in [-0.1, -0.05) is 23.4 Å². The van der Waals surface area contributed by atoms with E-state index in [1.165, 1.54) is 10.7 Å². The molecule has 2 aromatic carbocycles. The maximum atomic E-state index is 13.5. The van der Waals surface area contributed by atoms with Crippen LogP contribution in [0.5, 0.6) is 0 Å². The first-order chi connectivity index (χ1) is 14.9. The molecule has 3 aromatic rings. The van der Waals surface area contributed by atoms with Gasteiger partial charge in [-0.15, -0.1) is 5.10 Å². The predicted octanol–water partition coefficient (Wildman–Crippen LogP) is 3.06. The lowest BCUT2D eigenvalue weighted by atomic mass is 10.0. The van der Waals surface area contributed by atoms with Crippen molar-refractivity contribution in [1.82, 2.24) is 25.2 Å². The quantitative estimate of drug-likeness (QED) is 0.702. The van der Waals surface area contributed by atoms with Gasteiger partial charge in [-0.25, -0.2) is 9.07 Å². The van der Waals surface area contributed by atoms with Gasteiger partial charge >= 0.3 is 0 Å². The number of nitrogens with one attached hydrogen (secondary N) is 1. The third-order valence-corrected chi connectivity index (χ3v) is 5.63. The van der Waals surface area contributed by atoms with Gasteiger partial charge in [0.1, 0.15) is 5.82 Å². The standard InChI is InChI=1S/C23H24FN5O2/c1-15-5-3-4-6-19(15)22(30)25-17-9-11-28(12-10-17)23(31)21-14-29(27-26-21)18-7-8-20(24)16(2)13-18/h3-8,13-14,17H,9-12H2,1-2H3,(H,25,30). The summed E-state index contributed by atoms with van der Waals surface area (Å²) >= 11 is 0. The Morgan fingerprint density at radius 2 is 1.81 bits per heavy atom. The summed E-state index contributed by atoms with van der Waals surface area (Å²) in [7, 11) is 0. The molecule has 1 saturated heterocycles. The van der Waals surface area contributed by atoms with Crippen molar-refractivity contribution in [2.45, 2.75) is 32.7 Å². The summed E-state index contributed by atoms with van der Waals surface area (Å²) in [5.74, 6) is -0.577. The van der Waals surface area contributed by atoms with Crippen LogP contribution in [0.3, 0.4) is 0 Å². The molecule has 7 nitrogen and oxygen atoms in total. The highest BCUT2D eigenvalue weighted by Gasteiger charge is 2.26. The molecule has 1 aromatic heterocycles. The molecule has 8 heteroatoms. The maximum absolute atomic E-state index is 13.5. The number of hydrogen-bond donors (Lipinski definition) is 1. The lowest BCUT2D eigenvalue weighted by Crippen LogP contribution is -2.46. The summed E-state index contributed by atoms with van der Waals surface area (Å²) in [4.78, 5) is 27.1. The van der Waals surface area contributed by atoms with Gasteiger partial charge in [0.2, 0.25) is 0 Å². The SMILES string of the molecule is Cc1cc(-n2cc(C(=O)N3CCC(NC(=O)c4ccccc4C)CC3)nn2)ccc1F. The van der Waals surface area contributed by atoms with E-state index in [1.807, 2.05) is 31.2 Å². The number of benzene rings is 2. The Morgan fingerprint density at radius 1 is 1.06 bits per heavy atom. The Kier molecular flexibility index (Phi) is 5.79. The zero-order chi connectivity index (χ0) is 22.0. The van der Waals surface area contributed by atoms with Gasteiger partial charge < -0.3 is 10.2 Å². The van der Waals surface area contributed by atoms with E-state index in [-0.39, 0.29) is 29.4 Å². The summed E-state index contributed by atoms with van der Waals surface area (Å²) in [5.41, 5.74) is 2.99. The molecule has 0 unspecified atom stereocenters. The molecule has 1 N–H and O–H groups in total. The summed E-state index contributed by atoms with van der Waals surface area (Å²) < 4.78 is 15.0. The minimum Gasteiger partial charge on any atom is -0.349 e. The van der Waals surface area contributed by atoms with Gasteiger partial charge in [-0.2, -0.15) is 0 Å². The van der Waals surface area contributed by atoms with Crippen LogP contribution in [0, 0.1) is 19.7 Å². The van der Waals surface area contributed by atoms with Crippen LogP contribution in [0.1, 0.15) is 44.8 Å². The van der Waals surface area contributed by atoms with Gasteiger partial charge in [0.05, 0.1) is 11.9 Å². The summed E-state index contributed by atoms with van der Waals surface area (Å²) in [5, 5.41) is 11.1. The number of nitrogens with zero attached hydrogens (tertiary/aromatic N) is 4. The highest BCUT2D eigenvalue weighted by atomic mass is 19.1. The number of likely N-dealkylation sites (tertiary alicyclic amines) is 1. The number of aromatic nitrogens is 3. The van der Waals surface area contributed by atoms with E-state index in [4.69, 9.17) is 0 Å². The maximum Gasteiger partial charge on any atom is 0.276 e. The molecule has 31 heavy (non-hydrogen) atoms. The molecule has 2 amide bonds. The first-order valence-electron chi connectivity index (χ1n) is 10.3. The normalized spacial score (nSPS) is 14.5. The summed E-state index contributed by atoms with van der Waals surface area (Å²) in [6, 6.07) is 12.1. The Balaban J connectivity index is 1.35. The number of halogens is 1. The van der Waals surface area contributed by atoms with Crippen molar-refractivity contribution >= 4 is 11.8 Å². The second kappa shape index (κ2) is 8.67. The smallest absolute Gasteiger partial charge is 0.276 e. The van der Waals surface area contributed by atoms with Gasteiger partial charge in [0.15, 0.2) is 5.69 Å². The van der Waals surface area contributed by atoms with E-state index in [2.05, 4.69) is 15.6 Å². The van der Waals surface area contributed by atoms with Crippen molar-refractivity contribution in [1.29, 1.82) is 0 Å². The van der Waals surface area contributed by atoms with Crippen LogP contribution in [0.15, 0.2) is 48.7 Å². The van der Waals surface area contributed by atoms with Gasteiger partial charge in [-0.05, 0) is 62.1 Å². The number of carbonyl (C=O) groups excluding carboxylic acids is 2. The van der Waals surface area contributed by atoms with E-state index >= 15 is 0 Å². The van der Waals surface area contributed by atoms with E-state index < -0.39 is 0 Å². The number of piperidine rings is 1. The van der Waals surface area contributed by atoms with E-state index in [1.54, 1.807) is 30.2 Å². The molecule has 0 radical (unpaired) electrons. The Hall–Kier alpha value is -3.55. The van der Waals surface area contributed by atoms with Gasteiger partial charge in [0, 0.05) is 24.7 Å².